The number of aliphatic carboxylic acids is 1. The van der Waals surface area contributed by atoms with Gasteiger partial charge in [-0.25, -0.2) is 19.2 Å². The summed E-state index contributed by atoms with van der Waals surface area (Å²) in [5.41, 5.74) is 4.79. The molecule has 0 aliphatic carbocycles. The number of nitrogens with zero attached hydrogens (tertiary/aromatic N) is 4. The van der Waals surface area contributed by atoms with Crippen LogP contribution in [-0.2, 0) is 16.1 Å². The number of carbonyl (C=O) groups is 1. The van der Waals surface area contributed by atoms with E-state index in [2.05, 4.69) is 20.6 Å². The molecule has 0 unspecified atom stereocenters. The van der Waals surface area contributed by atoms with E-state index >= 15 is 0 Å². The van der Waals surface area contributed by atoms with Crippen molar-refractivity contribution in [2.45, 2.75) is 52.9 Å². The molecule has 0 fully saturated rings. The van der Waals surface area contributed by atoms with E-state index < -0.39 is 17.7 Å². The summed E-state index contributed by atoms with van der Waals surface area (Å²) in [5.74, 6) is -0.427. The maximum absolute atomic E-state index is 13.9. The third kappa shape index (κ3) is 4.36. The summed E-state index contributed by atoms with van der Waals surface area (Å²) in [7, 11) is 1.56. The van der Waals surface area contributed by atoms with Gasteiger partial charge in [0.15, 0.2) is 11.9 Å². The zero-order valence-corrected chi connectivity index (χ0v) is 22.4. The van der Waals surface area contributed by atoms with Crippen LogP contribution in [0.25, 0.3) is 22.0 Å². The van der Waals surface area contributed by atoms with Crippen LogP contribution in [0.15, 0.2) is 42.7 Å². The largest absolute Gasteiger partial charge is 0.494 e. The number of ether oxygens (including phenoxy) is 2. The number of hydrogen-bond donors (Lipinski definition) is 1. The molecular weight excluding hydrogens is 487 g/mol. The molecule has 3 heterocycles. The fourth-order valence-corrected chi connectivity index (χ4v) is 5.29. The minimum Gasteiger partial charge on any atom is -0.494 e. The van der Waals surface area contributed by atoms with Gasteiger partial charge in [-0.15, -0.1) is 0 Å². The van der Waals surface area contributed by atoms with E-state index in [1.165, 1.54) is 12.1 Å². The van der Waals surface area contributed by atoms with Crippen molar-refractivity contribution in [1.29, 1.82) is 0 Å². The van der Waals surface area contributed by atoms with Crippen molar-refractivity contribution < 1.29 is 23.8 Å². The number of carboxylic acid groups (broad SMARTS) is 1. The van der Waals surface area contributed by atoms with Gasteiger partial charge in [0.25, 0.3) is 0 Å². The van der Waals surface area contributed by atoms with E-state index in [0.29, 0.717) is 30.4 Å². The first-order valence-electron chi connectivity index (χ1n) is 12.5. The Morgan fingerprint density at radius 3 is 2.34 bits per heavy atom. The van der Waals surface area contributed by atoms with Crippen LogP contribution in [0.1, 0.15) is 43.7 Å². The Morgan fingerprint density at radius 1 is 1.11 bits per heavy atom. The van der Waals surface area contributed by atoms with Crippen molar-refractivity contribution in [2.75, 3.05) is 18.6 Å². The van der Waals surface area contributed by atoms with Crippen molar-refractivity contribution in [2.24, 2.45) is 0 Å². The molecule has 1 aliphatic rings. The molecule has 0 saturated heterocycles. The highest BCUT2D eigenvalue weighted by molar-refractivity contribution is 6.08. The second-order valence-electron chi connectivity index (χ2n) is 10.5. The van der Waals surface area contributed by atoms with E-state index in [1.54, 1.807) is 31.6 Å². The van der Waals surface area contributed by atoms with Crippen LogP contribution in [0.5, 0.6) is 5.75 Å². The van der Waals surface area contributed by atoms with Crippen molar-refractivity contribution in [3.8, 4) is 16.9 Å². The molecule has 4 aromatic rings. The number of methoxy groups -OCH3 is 1. The summed E-state index contributed by atoms with van der Waals surface area (Å²) in [4.78, 5) is 23.9. The van der Waals surface area contributed by atoms with E-state index in [9.17, 15) is 14.3 Å². The van der Waals surface area contributed by atoms with Gasteiger partial charge in [-0.3, -0.25) is 0 Å². The molecule has 0 bridgehead atoms. The number of rotatable bonds is 6. The molecule has 0 amide bonds. The first kappa shape index (κ1) is 25.7. The predicted octanol–water partition coefficient (Wildman–Crippen LogP) is 5.96. The SMILES string of the molecule is COc1cnc(N2CCn3c(C)cc4c(-c5ccc(F)cc5)c([C@H](OC(C)(C)C)C(=O)O)c(C)c2c43)nc1. The lowest BCUT2D eigenvalue weighted by molar-refractivity contribution is -0.160. The van der Waals surface area contributed by atoms with Crippen molar-refractivity contribution >= 4 is 28.5 Å². The monoisotopic (exact) mass is 518 g/mol. The molecule has 1 atom stereocenters. The normalized spacial score (nSPS) is 14.1. The number of hydrogen-bond acceptors (Lipinski definition) is 6. The van der Waals surface area contributed by atoms with Gasteiger partial charge in [0.2, 0.25) is 5.95 Å². The van der Waals surface area contributed by atoms with Crippen LogP contribution in [0.4, 0.5) is 16.0 Å². The van der Waals surface area contributed by atoms with Crippen molar-refractivity contribution in [1.82, 2.24) is 14.5 Å². The van der Waals surface area contributed by atoms with Crippen molar-refractivity contribution in [3.63, 3.8) is 0 Å². The zero-order valence-electron chi connectivity index (χ0n) is 22.4. The highest BCUT2D eigenvalue weighted by Crippen LogP contribution is 2.49. The van der Waals surface area contributed by atoms with E-state index in [4.69, 9.17) is 9.47 Å². The Bertz CT molecular complexity index is 1520. The standard InChI is InChI=1S/C29H31FN4O4/c1-16-13-21-23(18-7-9-19(30)10-8-18)22(26(27(35)36)38-29(3,4)5)17(2)24-25(21)33(16)11-12-34(24)28-31-14-20(37-6)15-32-28/h7-10,13-15,26H,11-12H2,1-6H3,(H,35,36)/t26-/m0/s1. The Balaban J connectivity index is 1.88. The first-order chi connectivity index (χ1) is 18.0. The summed E-state index contributed by atoms with van der Waals surface area (Å²) < 4.78 is 27.6. The summed E-state index contributed by atoms with van der Waals surface area (Å²) in [6, 6.07) is 8.22. The number of benzene rings is 2. The van der Waals surface area contributed by atoms with E-state index in [0.717, 1.165) is 39.0 Å². The molecule has 0 saturated carbocycles. The second-order valence-corrected chi connectivity index (χ2v) is 10.5. The number of aromatic nitrogens is 3. The molecule has 8 nitrogen and oxygen atoms in total. The van der Waals surface area contributed by atoms with Gasteiger partial charge in [0.05, 0.1) is 36.3 Å². The van der Waals surface area contributed by atoms with E-state index in [-0.39, 0.29) is 5.82 Å². The fraction of sp³-hybridized carbons (Fsp3) is 0.345. The van der Waals surface area contributed by atoms with Gasteiger partial charge >= 0.3 is 5.97 Å². The van der Waals surface area contributed by atoms with Crippen LogP contribution < -0.4 is 9.64 Å². The van der Waals surface area contributed by atoms with Crippen molar-refractivity contribution in [3.05, 3.63) is 65.4 Å². The minimum absolute atomic E-state index is 0.363. The molecule has 2 aromatic heterocycles. The lowest BCUT2D eigenvalue weighted by Crippen LogP contribution is -2.32. The number of carboxylic acids is 1. The number of anilines is 2. The molecule has 1 aliphatic heterocycles. The van der Waals surface area contributed by atoms with E-state index in [1.807, 2.05) is 39.5 Å². The smallest absolute Gasteiger partial charge is 0.337 e. The molecule has 38 heavy (non-hydrogen) atoms. The molecular formula is C29H31FN4O4. The van der Waals surface area contributed by atoms with Crippen LogP contribution in [0.2, 0.25) is 0 Å². The van der Waals surface area contributed by atoms with Gasteiger partial charge in [0, 0.05) is 29.7 Å². The van der Waals surface area contributed by atoms with Crippen LogP contribution in [-0.4, -0.2) is 44.9 Å². The van der Waals surface area contributed by atoms with Gasteiger partial charge in [-0.05, 0) is 69.5 Å². The Morgan fingerprint density at radius 2 is 1.76 bits per heavy atom. The Hall–Kier alpha value is -3.98. The maximum Gasteiger partial charge on any atom is 0.337 e. The number of aryl methyl sites for hydroxylation is 1. The van der Waals surface area contributed by atoms with Crippen LogP contribution in [0.3, 0.4) is 0 Å². The highest BCUT2D eigenvalue weighted by Gasteiger charge is 2.36. The highest BCUT2D eigenvalue weighted by atomic mass is 19.1. The zero-order chi connectivity index (χ0) is 27.4. The third-order valence-electron chi connectivity index (χ3n) is 6.83. The van der Waals surface area contributed by atoms with Crippen LogP contribution in [0, 0.1) is 19.7 Å². The first-order valence-corrected chi connectivity index (χ1v) is 12.5. The maximum atomic E-state index is 13.9. The average Bonchev–Trinajstić information content (AvgIpc) is 3.21. The summed E-state index contributed by atoms with van der Waals surface area (Å²) >= 11 is 0. The summed E-state index contributed by atoms with van der Waals surface area (Å²) in [6.45, 7) is 10.7. The quantitative estimate of drug-likeness (QED) is 0.337. The molecule has 2 aromatic carbocycles. The topological polar surface area (TPSA) is 89.7 Å². The molecule has 0 spiro atoms. The second kappa shape index (κ2) is 9.40. The minimum atomic E-state index is -1.26. The average molecular weight is 519 g/mol. The fourth-order valence-electron chi connectivity index (χ4n) is 5.29. The molecule has 0 radical (unpaired) electrons. The molecule has 1 N–H and O–H groups in total. The molecule has 9 heteroatoms. The van der Waals surface area contributed by atoms with Gasteiger partial charge < -0.3 is 24.0 Å². The summed E-state index contributed by atoms with van der Waals surface area (Å²) in [6.07, 6.45) is 1.97. The Kier molecular flexibility index (Phi) is 6.35. The lowest BCUT2D eigenvalue weighted by Gasteiger charge is -2.34. The van der Waals surface area contributed by atoms with Crippen LogP contribution >= 0.6 is 0 Å². The number of halogens is 1. The summed E-state index contributed by atoms with van der Waals surface area (Å²) in [5, 5.41) is 11.3. The van der Waals surface area contributed by atoms with Gasteiger partial charge in [-0.1, -0.05) is 12.1 Å². The Labute approximate surface area is 220 Å². The molecule has 5 rings (SSSR count). The predicted molar refractivity (Wildman–Crippen MR) is 144 cm³/mol. The van der Waals surface area contributed by atoms with Gasteiger partial charge in [-0.2, -0.15) is 0 Å². The molecule has 198 valence electrons. The third-order valence-corrected chi connectivity index (χ3v) is 6.83. The van der Waals surface area contributed by atoms with Gasteiger partial charge in [0.1, 0.15) is 5.82 Å². The lowest BCUT2D eigenvalue weighted by atomic mass is 9.87.